The summed E-state index contributed by atoms with van der Waals surface area (Å²) in [6, 6.07) is 4.21. The van der Waals surface area contributed by atoms with Crippen molar-refractivity contribution in [2.24, 2.45) is 5.73 Å². The molecule has 19 heavy (non-hydrogen) atoms. The van der Waals surface area contributed by atoms with E-state index in [9.17, 15) is 10.1 Å². The highest BCUT2D eigenvalue weighted by molar-refractivity contribution is 6.32. The van der Waals surface area contributed by atoms with Crippen molar-refractivity contribution in [3.8, 4) is 5.69 Å². The first kappa shape index (κ1) is 13.4. The molecule has 8 heteroatoms. The summed E-state index contributed by atoms with van der Waals surface area (Å²) in [5.74, 6) is 0. The minimum absolute atomic E-state index is 0.0581. The molecule has 1 aromatic heterocycles. The molecule has 0 radical (unpaired) electrons. The van der Waals surface area contributed by atoms with Crippen LogP contribution in [0.15, 0.2) is 24.4 Å². The normalized spacial score (nSPS) is 10.6. The number of nitro groups is 1. The Morgan fingerprint density at radius 1 is 1.47 bits per heavy atom. The van der Waals surface area contributed by atoms with Crippen molar-refractivity contribution in [3.63, 3.8) is 0 Å². The molecule has 0 unspecified atom stereocenters. The molecule has 2 aromatic rings. The zero-order valence-corrected chi connectivity index (χ0v) is 10.7. The molecule has 0 aliphatic heterocycles. The third kappa shape index (κ3) is 3.07. The Morgan fingerprint density at radius 2 is 2.26 bits per heavy atom. The van der Waals surface area contributed by atoms with E-state index in [0.29, 0.717) is 12.2 Å². The van der Waals surface area contributed by atoms with Crippen LogP contribution in [0.5, 0.6) is 0 Å². The molecule has 0 bridgehead atoms. The van der Waals surface area contributed by atoms with Crippen LogP contribution in [0.3, 0.4) is 0 Å². The van der Waals surface area contributed by atoms with Gasteiger partial charge in [-0.1, -0.05) is 16.8 Å². The number of nitrogens with zero attached hydrogens (tertiary/aromatic N) is 4. The van der Waals surface area contributed by atoms with E-state index >= 15 is 0 Å². The molecule has 1 aromatic carbocycles. The van der Waals surface area contributed by atoms with Gasteiger partial charge in [0.05, 0.1) is 27.5 Å². The first-order chi connectivity index (χ1) is 9.11. The molecular weight excluding hydrogens is 270 g/mol. The lowest BCUT2D eigenvalue weighted by Crippen LogP contribution is -2.00. The van der Waals surface area contributed by atoms with Crippen LogP contribution in [-0.2, 0) is 6.42 Å². The van der Waals surface area contributed by atoms with Crippen LogP contribution in [0.2, 0.25) is 5.02 Å². The number of non-ortho nitro benzene ring substituents is 1. The highest BCUT2D eigenvalue weighted by Gasteiger charge is 2.12. The number of hydrogen-bond acceptors (Lipinski definition) is 5. The molecule has 0 atom stereocenters. The second-order valence-corrected chi connectivity index (χ2v) is 4.35. The van der Waals surface area contributed by atoms with E-state index in [-0.39, 0.29) is 10.7 Å². The fourth-order valence-corrected chi connectivity index (χ4v) is 1.87. The highest BCUT2D eigenvalue weighted by atomic mass is 35.5. The van der Waals surface area contributed by atoms with Gasteiger partial charge in [0.2, 0.25) is 0 Å². The van der Waals surface area contributed by atoms with Crippen molar-refractivity contribution in [1.29, 1.82) is 0 Å². The van der Waals surface area contributed by atoms with Crippen molar-refractivity contribution in [2.45, 2.75) is 12.8 Å². The van der Waals surface area contributed by atoms with Crippen molar-refractivity contribution in [2.75, 3.05) is 6.54 Å². The van der Waals surface area contributed by atoms with Gasteiger partial charge >= 0.3 is 0 Å². The van der Waals surface area contributed by atoms with Crippen molar-refractivity contribution in [3.05, 3.63) is 45.2 Å². The lowest BCUT2D eigenvalue weighted by molar-refractivity contribution is -0.384. The number of rotatable bonds is 5. The van der Waals surface area contributed by atoms with Gasteiger partial charge in [-0.15, -0.1) is 5.10 Å². The van der Waals surface area contributed by atoms with E-state index in [1.807, 2.05) is 0 Å². The van der Waals surface area contributed by atoms with E-state index < -0.39 is 4.92 Å². The maximum absolute atomic E-state index is 10.6. The van der Waals surface area contributed by atoms with Crippen LogP contribution >= 0.6 is 11.6 Å². The van der Waals surface area contributed by atoms with Crippen LogP contribution < -0.4 is 5.73 Å². The van der Waals surface area contributed by atoms with E-state index in [1.54, 1.807) is 12.3 Å². The third-order valence-electron chi connectivity index (χ3n) is 2.57. The molecule has 0 saturated heterocycles. The number of aromatic nitrogens is 3. The molecule has 0 spiro atoms. The summed E-state index contributed by atoms with van der Waals surface area (Å²) in [5, 5.41) is 18.8. The maximum Gasteiger partial charge on any atom is 0.271 e. The fourth-order valence-electron chi connectivity index (χ4n) is 1.61. The van der Waals surface area contributed by atoms with Gasteiger partial charge in [0, 0.05) is 12.1 Å². The quantitative estimate of drug-likeness (QED) is 0.664. The standard InChI is InChI=1S/C11H12ClN5O2/c12-10-6-9(17(18)19)3-4-11(10)16-7-8(14-15-16)2-1-5-13/h3-4,6-7H,1-2,5,13H2. The zero-order valence-electron chi connectivity index (χ0n) is 9.99. The molecule has 2 rings (SSSR count). The molecule has 0 aliphatic carbocycles. The first-order valence-electron chi connectivity index (χ1n) is 5.67. The van der Waals surface area contributed by atoms with E-state index in [4.69, 9.17) is 17.3 Å². The molecule has 0 aliphatic rings. The van der Waals surface area contributed by atoms with Crippen LogP contribution in [0, 0.1) is 10.1 Å². The molecule has 100 valence electrons. The summed E-state index contributed by atoms with van der Waals surface area (Å²) in [5.41, 5.74) is 6.73. The number of aryl methyl sites for hydroxylation is 1. The molecule has 2 N–H and O–H groups in total. The van der Waals surface area contributed by atoms with Gasteiger partial charge in [0.1, 0.15) is 0 Å². The third-order valence-corrected chi connectivity index (χ3v) is 2.87. The average Bonchev–Trinajstić information content (AvgIpc) is 2.84. The van der Waals surface area contributed by atoms with E-state index in [1.165, 1.54) is 16.8 Å². The second kappa shape index (κ2) is 5.77. The number of nitrogens with two attached hydrogens (primary N) is 1. The van der Waals surface area contributed by atoms with Gasteiger partial charge in [-0.05, 0) is 25.5 Å². The van der Waals surface area contributed by atoms with Gasteiger partial charge in [-0.25, -0.2) is 4.68 Å². The Morgan fingerprint density at radius 3 is 2.89 bits per heavy atom. The SMILES string of the molecule is NCCCc1cn(-c2ccc([N+](=O)[O-])cc2Cl)nn1. The molecule has 7 nitrogen and oxygen atoms in total. The largest absolute Gasteiger partial charge is 0.330 e. The molecule has 1 heterocycles. The molecular formula is C11H12ClN5O2. The topological polar surface area (TPSA) is 99.9 Å². The second-order valence-electron chi connectivity index (χ2n) is 3.94. The van der Waals surface area contributed by atoms with Crippen molar-refractivity contribution < 1.29 is 4.92 Å². The summed E-state index contributed by atoms with van der Waals surface area (Å²) in [7, 11) is 0. The van der Waals surface area contributed by atoms with E-state index in [2.05, 4.69) is 10.3 Å². The Bertz CT molecular complexity index is 599. The summed E-state index contributed by atoms with van der Waals surface area (Å²) < 4.78 is 1.50. The van der Waals surface area contributed by atoms with Crippen LogP contribution in [0.25, 0.3) is 5.69 Å². The Hall–Kier alpha value is -1.99. The van der Waals surface area contributed by atoms with Gasteiger partial charge in [0.15, 0.2) is 0 Å². The van der Waals surface area contributed by atoms with Crippen LogP contribution in [0.4, 0.5) is 5.69 Å². The summed E-state index contributed by atoms with van der Waals surface area (Å²) in [4.78, 5) is 10.1. The minimum Gasteiger partial charge on any atom is -0.330 e. The Balaban J connectivity index is 2.26. The minimum atomic E-state index is -0.496. The lowest BCUT2D eigenvalue weighted by Gasteiger charge is -2.02. The van der Waals surface area contributed by atoms with Crippen LogP contribution in [-0.4, -0.2) is 26.5 Å². The predicted molar refractivity (Wildman–Crippen MR) is 70.4 cm³/mol. The lowest BCUT2D eigenvalue weighted by atomic mass is 10.2. The van der Waals surface area contributed by atoms with Crippen LogP contribution in [0.1, 0.15) is 12.1 Å². The predicted octanol–water partition coefficient (Wildman–Crippen LogP) is 1.72. The Kier molecular flexibility index (Phi) is 4.08. The molecule has 0 amide bonds. The number of halogens is 1. The monoisotopic (exact) mass is 281 g/mol. The fraction of sp³-hybridized carbons (Fsp3) is 0.273. The smallest absolute Gasteiger partial charge is 0.271 e. The Labute approximate surface area is 114 Å². The average molecular weight is 282 g/mol. The van der Waals surface area contributed by atoms with E-state index in [0.717, 1.165) is 18.5 Å². The summed E-state index contributed by atoms with van der Waals surface area (Å²) in [6.45, 7) is 0.588. The first-order valence-corrected chi connectivity index (χ1v) is 6.05. The van der Waals surface area contributed by atoms with Crippen molar-refractivity contribution in [1.82, 2.24) is 15.0 Å². The van der Waals surface area contributed by atoms with Gasteiger partial charge in [-0.3, -0.25) is 10.1 Å². The highest BCUT2D eigenvalue weighted by Crippen LogP contribution is 2.25. The number of benzene rings is 1. The summed E-state index contributed by atoms with van der Waals surface area (Å²) >= 11 is 6.01. The number of nitro benzene ring substituents is 1. The maximum atomic E-state index is 10.6. The number of hydrogen-bond donors (Lipinski definition) is 1. The van der Waals surface area contributed by atoms with Gasteiger partial charge in [-0.2, -0.15) is 0 Å². The summed E-state index contributed by atoms with van der Waals surface area (Å²) in [6.07, 6.45) is 3.30. The van der Waals surface area contributed by atoms with Gasteiger partial charge < -0.3 is 5.73 Å². The van der Waals surface area contributed by atoms with Gasteiger partial charge in [0.25, 0.3) is 5.69 Å². The molecule has 0 fully saturated rings. The van der Waals surface area contributed by atoms with Crippen molar-refractivity contribution >= 4 is 17.3 Å². The molecule has 0 saturated carbocycles. The zero-order chi connectivity index (χ0) is 13.8.